The summed E-state index contributed by atoms with van der Waals surface area (Å²) >= 11 is 4.01. The molecule has 0 aromatic rings. The maximum Gasteiger partial charge on any atom is 0.123 e. The van der Waals surface area contributed by atoms with Gasteiger partial charge in [-0.25, -0.2) is 0 Å². The van der Waals surface area contributed by atoms with E-state index in [0.717, 1.165) is 6.61 Å². The van der Waals surface area contributed by atoms with Crippen LogP contribution in [-0.4, -0.2) is 25.3 Å². The summed E-state index contributed by atoms with van der Waals surface area (Å²) in [5.74, 6) is 0. The second-order valence-corrected chi connectivity index (χ2v) is 1.98. The summed E-state index contributed by atoms with van der Waals surface area (Å²) in [6.07, 6.45) is 0. The maximum atomic E-state index is 5.02. The van der Waals surface area contributed by atoms with Gasteiger partial charge in [0.1, 0.15) is 5.44 Å². The van der Waals surface area contributed by atoms with Gasteiger partial charge in [0.25, 0.3) is 0 Å². The number of ether oxygens (including phenoxy) is 2. The first-order valence-electron chi connectivity index (χ1n) is 2.77. The van der Waals surface area contributed by atoms with Crippen LogP contribution in [0, 0.1) is 0 Å². The fourth-order valence-corrected chi connectivity index (χ4v) is 0.686. The first-order valence-corrected chi connectivity index (χ1v) is 3.28. The van der Waals surface area contributed by atoms with Gasteiger partial charge in [-0.15, -0.1) is 25.8 Å². The van der Waals surface area contributed by atoms with Crippen LogP contribution in [0.4, 0.5) is 0 Å². The van der Waals surface area contributed by atoms with Gasteiger partial charge in [0.05, 0.1) is 19.8 Å². The molecule has 0 saturated carbocycles. The van der Waals surface area contributed by atoms with Crippen molar-refractivity contribution in [2.24, 2.45) is 0 Å². The molecule has 1 fully saturated rings. The molecule has 0 spiro atoms. The molecule has 54 valence electrons. The van der Waals surface area contributed by atoms with Crippen LogP contribution in [0.5, 0.6) is 0 Å². The summed E-state index contributed by atoms with van der Waals surface area (Å²) in [5, 5.41) is 0. The quantitative estimate of drug-likeness (QED) is 0.409. The van der Waals surface area contributed by atoms with Crippen LogP contribution in [0.3, 0.4) is 0 Å². The maximum absolute atomic E-state index is 5.02. The Balaban J connectivity index is 0.000000291. The van der Waals surface area contributed by atoms with Gasteiger partial charge in [-0.2, -0.15) is 0 Å². The third-order valence-corrected chi connectivity index (χ3v) is 1.10. The fraction of sp³-hybridized carbons (Fsp3) is 0.667. The molecular formula is C6H12O2S. The second-order valence-electron chi connectivity index (χ2n) is 1.40. The lowest BCUT2D eigenvalue weighted by Crippen LogP contribution is -2.23. The number of rotatable bonds is 0. The van der Waals surface area contributed by atoms with E-state index in [-0.39, 0.29) is 5.44 Å². The van der Waals surface area contributed by atoms with Gasteiger partial charge in [-0.3, -0.25) is 0 Å². The van der Waals surface area contributed by atoms with E-state index in [1.165, 1.54) is 0 Å². The van der Waals surface area contributed by atoms with Gasteiger partial charge in [0.15, 0.2) is 0 Å². The van der Waals surface area contributed by atoms with Gasteiger partial charge < -0.3 is 9.47 Å². The van der Waals surface area contributed by atoms with Crippen LogP contribution in [-0.2, 0) is 9.47 Å². The Morgan fingerprint density at radius 2 is 2.00 bits per heavy atom. The first-order chi connectivity index (χ1) is 4.39. The molecule has 0 N–H and O–H groups in total. The summed E-state index contributed by atoms with van der Waals surface area (Å²) < 4.78 is 10.00. The Morgan fingerprint density at radius 1 is 1.33 bits per heavy atom. The van der Waals surface area contributed by atoms with Crippen molar-refractivity contribution < 1.29 is 9.47 Å². The van der Waals surface area contributed by atoms with Crippen molar-refractivity contribution in [3.05, 3.63) is 13.2 Å². The van der Waals surface area contributed by atoms with Crippen molar-refractivity contribution in [1.82, 2.24) is 0 Å². The molecule has 1 aliphatic heterocycles. The highest BCUT2D eigenvalue weighted by molar-refractivity contribution is 7.80. The fourth-order valence-electron chi connectivity index (χ4n) is 0.475. The average molecular weight is 148 g/mol. The highest BCUT2D eigenvalue weighted by Crippen LogP contribution is 2.02. The molecule has 0 amide bonds. The van der Waals surface area contributed by atoms with Crippen LogP contribution >= 0.6 is 12.6 Å². The standard InChI is InChI=1S/C4H8O2S.C2H4/c7-4-3-5-1-2-6-4;1-2/h4,7H,1-3H2;1-2H2. The van der Waals surface area contributed by atoms with Crippen LogP contribution < -0.4 is 0 Å². The zero-order valence-corrected chi connectivity index (χ0v) is 6.27. The molecule has 2 nitrogen and oxygen atoms in total. The van der Waals surface area contributed by atoms with E-state index in [4.69, 9.17) is 9.47 Å². The highest BCUT2D eigenvalue weighted by atomic mass is 32.1. The largest absolute Gasteiger partial charge is 0.375 e. The zero-order valence-electron chi connectivity index (χ0n) is 5.38. The third-order valence-electron chi connectivity index (χ3n) is 0.798. The topological polar surface area (TPSA) is 18.5 Å². The summed E-state index contributed by atoms with van der Waals surface area (Å²) in [6.45, 7) is 8.04. The Labute approximate surface area is 61.3 Å². The lowest BCUT2D eigenvalue weighted by atomic mass is 10.6. The summed E-state index contributed by atoms with van der Waals surface area (Å²) in [7, 11) is 0. The van der Waals surface area contributed by atoms with Crippen molar-refractivity contribution in [2.75, 3.05) is 19.8 Å². The SMILES string of the molecule is C=C.SC1COCCO1. The molecule has 1 unspecified atom stereocenters. The molecule has 1 heterocycles. The summed E-state index contributed by atoms with van der Waals surface area (Å²) in [4.78, 5) is 0. The van der Waals surface area contributed by atoms with Gasteiger partial charge in [-0.05, 0) is 0 Å². The van der Waals surface area contributed by atoms with Crippen molar-refractivity contribution >= 4 is 12.6 Å². The monoisotopic (exact) mass is 148 g/mol. The second kappa shape index (κ2) is 6.13. The molecule has 1 aliphatic rings. The smallest absolute Gasteiger partial charge is 0.123 e. The first kappa shape index (κ1) is 9.01. The molecule has 3 heteroatoms. The van der Waals surface area contributed by atoms with E-state index in [0.29, 0.717) is 13.2 Å². The molecule has 0 aromatic heterocycles. The van der Waals surface area contributed by atoms with E-state index < -0.39 is 0 Å². The van der Waals surface area contributed by atoms with E-state index in [9.17, 15) is 0 Å². The van der Waals surface area contributed by atoms with Gasteiger partial charge >= 0.3 is 0 Å². The zero-order chi connectivity index (χ0) is 7.11. The molecule has 9 heavy (non-hydrogen) atoms. The molecule has 1 saturated heterocycles. The van der Waals surface area contributed by atoms with Crippen LogP contribution in [0.1, 0.15) is 0 Å². The summed E-state index contributed by atoms with van der Waals surface area (Å²) in [6, 6.07) is 0. The van der Waals surface area contributed by atoms with E-state index in [2.05, 4.69) is 25.8 Å². The average Bonchev–Trinajstić information content (AvgIpc) is 1.94. The number of hydrogen-bond acceptors (Lipinski definition) is 3. The van der Waals surface area contributed by atoms with Crippen LogP contribution in [0.15, 0.2) is 13.2 Å². The molecule has 1 atom stereocenters. The number of hydrogen-bond donors (Lipinski definition) is 1. The molecule has 0 aliphatic carbocycles. The predicted molar refractivity (Wildman–Crippen MR) is 40.8 cm³/mol. The molecule has 0 radical (unpaired) electrons. The Kier molecular flexibility index (Phi) is 6.14. The molecular weight excluding hydrogens is 136 g/mol. The van der Waals surface area contributed by atoms with Gasteiger partial charge in [-0.1, -0.05) is 0 Å². The Morgan fingerprint density at radius 3 is 2.22 bits per heavy atom. The number of thiol groups is 1. The van der Waals surface area contributed by atoms with E-state index >= 15 is 0 Å². The predicted octanol–water partition coefficient (Wildman–Crippen LogP) is 1.09. The lowest BCUT2D eigenvalue weighted by molar-refractivity contribution is -0.0489. The third kappa shape index (κ3) is 4.51. The van der Waals surface area contributed by atoms with Crippen LogP contribution in [0.2, 0.25) is 0 Å². The minimum atomic E-state index is 0.00810. The van der Waals surface area contributed by atoms with E-state index in [1.54, 1.807) is 0 Å². The van der Waals surface area contributed by atoms with Gasteiger partial charge in [0.2, 0.25) is 0 Å². The lowest BCUT2D eigenvalue weighted by Gasteiger charge is -2.17. The normalized spacial score (nSPS) is 26.1. The minimum Gasteiger partial charge on any atom is -0.375 e. The minimum absolute atomic E-state index is 0.00810. The van der Waals surface area contributed by atoms with Gasteiger partial charge in [0, 0.05) is 0 Å². The van der Waals surface area contributed by atoms with E-state index in [1.807, 2.05) is 0 Å². The Hall–Kier alpha value is 0.01000. The van der Waals surface area contributed by atoms with Crippen LogP contribution in [0.25, 0.3) is 0 Å². The van der Waals surface area contributed by atoms with Crippen molar-refractivity contribution in [2.45, 2.75) is 5.44 Å². The highest BCUT2D eigenvalue weighted by Gasteiger charge is 2.06. The molecule has 1 rings (SSSR count). The molecule has 0 bridgehead atoms. The Bertz CT molecular complexity index is 62.1. The van der Waals surface area contributed by atoms with Crippen molar-refractivity contribution in [1.29, 1.82) is 0 Å². The summed E-state index contributed by atoms with van der Waals surface area (Å²) in [5.41, 5.74) is 0.00810. The molecule has 0 aromatic carbocycles. The van der Waals surface area contributed by atoms with Crippen molar-refractivity contribution in [3.63, 3.8) is 0 Å². The van der Waals surface area contributed by atoms with Crippen molar-refractivity contribution in [3.8, 4) is 0 Å².